The van der Waals surface area contributed by atoms with Gasteiger partial charge < -0.3 is 14.6 Å². The molecule has 0 radical (unpaired) electrons. The lowest BCUT2D eigenvalue weighted by atomic mass is 10.1. The van der Waals surface area contributed by atoms with Gasteiger partial charge in [0.1, 0.15) is 5.56 Å². The Balaban J connectivity index is 2.27. The number of nitrogens with zero attached hydrogens (tertiary/aromatic N) is 1. The van der Waals surface area contributed by atoms with Gasteiger partial charge >= 0.3 is 5.97 Å². The number of nitrogens with one attached hydrogen (secondary N) is 1. The van der Waals surface area contributed by atoms with Gasteiger partial charge in [-0.25, -0.2) is 4.79 Å². The Morgan fingerprint density at radius 3 is 2.52 bits per heavy atom. The highest BCUT2D eigenvalue weighted by Crippen LogP contribution is 2.29. The summed E-state index contributed by atoms with van der Waals surface area (Å²) >= 11 is 5.92. The van der Waals surface area contributed by atoms with Crippen molar-refractivity contribution in [1.29, 1.82) is 0 Å². The summed E-state index contributed by atoms with van der Waals surface area (Å²) < 4.78 is 6.55. The molecule has 0 aliphatic heterocycles. The fourth-order valence-electron chi connectivity index (χ4n) is 2.70. The molecule has 25 heavy (non-hydrogen) atoms. The Kier molecular flexibility index (Phi) is 4.76. The van der Waals surface area contributed by atoms with Crippen molar-refractivity contribution in [3.63, 3.8) is 0 Å². The van der Waals surface area contributed by atoms with Gasteiger partial charge in [0.2, 0.25) is 0 Å². The largest absolute Gasteiger partial charge is 0.462 e. The first-order chi connectivity index (χ1) is 12.0. The first-order valence-corrected chi connectivity index (χ1v) is 8.22. The van der Waals surface area contributed by atoms with E-state index < -0.39 is 11.5 Å². The molecule has 1 N–H and O–H groups in total. The molecule has 0 aliphatic carbocycles. The van der Waals surface area contributed by atoms with Crippen LogP contribution in [-0.2, 0) is 11.8 Å². The van der Waals surface area contributed by atoms with E-state index in [1.165, 1.54) is 4.57 Å². The number of esters is 1. The van der Waals surface area contributed by atoms with E-state index in [0.29, 0.717) is 16.4 Å². The predicted octanol–water partition coefficient (Wildman–Crippen LogP) is 4.11. The SMILES string of the molecule is CCOC(=O)c1c(Nc2ccc(Cl)cc2)c2ccccc2n(C)c1=O. The van der Waals surface area contributed by atoms with Crippen LogP contribution in [0, 0.1) is 0 Å². The third-order valence-electron chi connectivity index (χ3n) is 3.90. The highest BCUT2D eigenvalue weighted by atomic mass is 35.5. The molecule has 2 aromatic carbocycles. The van der Waals surface area contributed by atoms with Crippen LogP contribution in [0.5, 0.6) is 0 Å². The summed E-state index contributed by atoms with van der Waals surface area (Å²) in [7, 11) is 1.64. The second-order valence-electron chi connectivity index (χ2n) is 5.48. The van der Waals surface area contributed by atoms with Crippen LogP contribution in [0.15, 0.2) is 53.3 Å². The molecule has 0 unspecified atom stereocenters. The number of aromatic nitrogens is 1. The number of carbonyl (C=O) groups is 1. The standard InChI is InChI=1S/C19H17ClN2O3/c1-3-25-19(24)16-17(21-13-10-8-12(20)9-11-13)14-6-4-5-7-15(14)22(2)18(16)23/h4-11,21H,3H2,1-2H3. The summed E-state index contributed by atoms with van der Waals surface area (Å²) in [6.45, 7) is 1.89. The molecule has 6 heteroatoms. The third kappa shape index (κ3) is 3.23. The van der Waals surface area contributed by atoms with E-state index in [2.05, 4.69) is 5.32 Å². The molecule has 3 rings (SSSR count). The molecule has 0 aliphatic rings. The number of pyridine rings is 1. The van der Waals surface area contributed by atoms with Crippen molar-refractivity contribution in [2.45, 2.75) is 6.92 Å². The van der Waals surface area contributed by atoms with Gasteiger partial charge in [-0.2, -0.15) is 0 Å². The zero-order valence-electron chi connectivity index (χ0n) is 13.9. The second kappa shape index (κ2) is 6.99. The summed E-state index contributed by atoms with van der Waals surface area (Å²) in [5.41, 5.74) is 1.44. The Morgan fingerprint density at radius 2 is 1.84 bits per heavy atom. The molecule has 5 nitrogen and oxygen atoms in total. The van der Waals surface area contributed by atoms with Gasteiger partial charge in [0.15, 0.2) is 0 Å². The van der Waals surface area contributed by atoms with Crippen molar-refractivity contribution < 1.29 is 9.53 Å². The van der Waals surface area contributed by atoms with Gasteiger partial charge in [-0.05, 0) is 37.3 Å². The first-order valence-electron chi connectivity index (χ1n) is 7.84. The molecule has 0 saturated heterocycles. The number of halogens is 1. The van der Waals surface area contributed by atoms with Crippen molar-refractivity contribution in [1.82, 2.24) is 4.57 Å². The molecule has 0 spiro atoms. The fourth-order valence-corrected chi connectivity index (χ4v) is 2.82. The van der Waals surface area contributed by atoms with E-state index in [0.717, 1.165) is 10.9 Å². The third-order valence-corrected chi connectivity index (χ3v) is 4.15. The molecule has 0 bridgehead atoms. The topological polar surface area (TPSA) is 60.3 Å². The summed E-state index contributed by atoms with van der Waals surface area (Å²) in [4.78, 5) is 25.2. The van der Waals surface area contributed by atoms with E-state index in [4.69, 9.17) is 16.3 Å². The zero-order valence-corrected chi connectivity index (χ0v) is 14.6. The predicted molar refractivity (Wildman–Crippen MR) is 99.9 cm³/mol. The summed E-state index contributed by atoms with van der Waals surface area (Å²) in [6, 6.07) is 14.4. The number of carbonyl (C=O) groups excluding carboxylic acids is 1. The summed E-state index contributed by atoms with van der Waals surface area (Å²) in [5, 5.41) is 4.53. The van der Waals surface area contributed by atoms with Crippen LogP contribution in [0.1, 0.15) is 17.3 Å². The van der Waals surface area contributed by atoms with Gasteiger partial charge in [-0.1, -0.05) is 29.8 Å². The number of aryl methyl sites for hydroxylation is 1. The minimum absolute atomic E-state index is 0.0157. The van der Waals surface area contributed by atoms with Gasteiger partial charge in [0.25, 0.3) is 5.56 Å². The molecule has 0 atom stereocenters. The number of hydrogen-bond donors (Lipinski definition) is 1. The average Bonchev–Trinajstić information content (AvgIpc) is 2.61. The monoisotopic (exact) mass is 356 g/mol. The van der Waals surface area contributed by atoms with Crippen molar-refractivity contribution in [3.8, 4) is 0 Å². The number of rotatable bonds is 4. The fraction of sp³-hybridized carbons (Fsp3) is 0.158. The molecular weight excluding hydrogens is 340 g/mol. The van der Waals surface area contributed by atoms with Crippen LogP contribution in [0.25, 0.3) is 10.9 Å². The normalized spacial score (nSPS) is 10.7. The number of anilines is 2. The lowest BCUT2D eigenvalue weighted by Gasteiger charge is -2.16. The van der Waals surface area contributed by atoms with Gasteiger partial charge in [0.05, 0.1) is 17.8 Å². The smallest absolute Gasteiger partial charge is 0.345 e. The van der Waals surface area contributed by atoms with Crippen LogP contribution >= 0.6 is 11.6 Å². The van der Waals surface area contributed by atoms with E-state index in [9.17, 15) is 9.59 Å². The lowest BCUT2D eigenvalue weighted by molar-refractivity contribution is 0.0525. The van der Waals surface area contributed by atoms with Crippen molar-refractivity contribution >= 4 is 39.8 Å². The van der Waals surface area contributed by atoms with Crippen LogP contribution in [0.3, 0.4) is 0 Å². The highest BCUT2D eigenvalue weighted by Gasteiger charge is 2.22. The molecule has 1 heterocycles. The minimum atomic E-state index is -0.648. The van der Waals surface area contributed by atoms with Crippen LogP contribution < -0.4 is 10.9 Å². The van der Waals surface area contributed by atoms with Gasteiger partial charge in [0, 0.05) is 23.1 Å². The van der Waals surface area contributed by atoms with Crippen LogP contribution in [-0.4, -0.2) is 17.1 Å². The van der Waals surface area contributed by atoms with Crippen LogP contribution in [0.4, 0.5) is 11.4 Å². The van der Waals surface area contributed by atoms with E-state index in [1.807, 2.05) is 24.3 Å². The lowest BCUT2D eigenvalue weighted by Crippen LogP contribution is -2.27. The van der Waals surface area contributed by atoms with Gasteiger partial charge in [-0.15, -0.1) is 0 Å². The maximum absolute atomic E-state index is 12.8. The maximum atomic E-state index is 12.8. The molecule has 3 aromatic rings. The highest BCUT2D eigenvalue weighted by molar-refractivity contribution is 6.30. The zero-order chi connectivity index (χ0) is 18.0. The minimum Gasteiger partial charge on any atom is -0.462 e. The van der Waals surface area contributed by atoms with Crippen molar-refractivity contribution in [3.05, 3.63) is 69.5 Å². The first kappa shape index (κ1) is 17.0. The molecule has 0 amide bonds. The molecular formula is C19H17ClN2O3. The Labute approximate surface area is 149 Å². The number of benzene rings is 2. The van der Waals surface area contributed by atoms with E-state index >= 15 is 0 Å². The number of fused-ring (bicyclic) bond motifs is 1. The average molecular weight is 357 g/mol. The van der Waals surface area contributed by atoms with Crippen molar-refractivity contribution in [2.24, 2.45) is 7.05 Å². The van der Waals surface area contributed by atoms with E-state index in [-0.39, 0.29) is 12.2 Å². The quantitative estimate of drug-likeness (QED) is 0.714. The second-order valence-corrected chi connectivity index (χ2v) is 5.92. The maximum Gasteiger partial charge on any atom is 0.345 e. The van der Waals surface area contributed by atoms with E-state index in [1.54, 1.807) is 38.2 Å². The number of ether oxygens (including phenoxy) is 1. The molecule has 0 saturated carbocycles. The number of hydrogen-bond acceptors (Lipinski definition) is 4. The molecule has 128 valence electrons. The Hall–Kier alpha value is -2.79. The van der Waals surface area contributed by atoms with Crippen molar-refractivity contribution in [2.75, 3.05) is 11.9 Å². The number of para-hydroxylation sites is 1. The summed E-state index contributed by atoms with van der Waals surface area (Å²) in [6.07, 6.45) is 0. The Morgan fingerprint density at radius 1 is 1.16 bits per heavy atom. The van der Waals surface area contributed by atoms with Crippen LogP contribution in [0.2, 0.25) is 5.02 Å². The van der Waals surface area contributed by atoms with Gasteiger partial charge in [-0.3, -0.25) is 4.79 Å². The Bertz CT molecular complexity index is 994. The molecule has 0 fully saturated rings. The molecule has 1 aromatic heterocycles. The summed E-state index contributed by atoms with van der Waals surface area (Å²) in [5.74, 6) is -0.648.